The zero-order valence-corrected chi connectivity index (χ0v) is 17.8. The largest absolute Gasteiger partial charge is 0.383 e. The molecule has 0 radical (unpaired) electrons. The number of guanidine groups is 1. The number of fused-ring (bicyclic) bond motifs is 1. The van der Waals surface area contributed by atoms with Crippen molar-refractivity contribution in [2.45, 2.75) is 13.3 Å². The van der Waals surface area contributed by atoms with E-state index in [2.05, 4.69) is 15.6 Å². The number of rotatable bonds is 8. The molecule has 0 saturated carbocycles. The minimum absolute atomic E-state index is 0. The highest BCUT2D eigenvalue weighted by molar-refractivity contribution is 14.0. The average Bonchev–Trinajstić information content (AvgIpc) is 3.00. The van der Waals surface area contributed by atoms with Crippen LogP contribution in [-0.2, 0) is 21.2 Å². The van der Waals surface area contributed by atoms with E-state index in [4.69, 9.17) is 4.74 Å². The van der Waals surface area contributed by atoms with Crippen LogP contribution in [0.5, 0.6) is 0 Å². The Balaban J connectivity index is 0.00000312. The molecule has 1 aromatic carbocycles. The number of hydrogen-bond acceptors (Lipinski definition) is 4. The van der Waals surface area contributed by atoms with E-state index in [9.17, 15) is 8.42 Å². The van der Waals surface area contributed by atoms with Crippen molar-refractivity contribution >= 4 is 45.6 Å². The second kappa shape index (κ2) is 10.8. The fraction of sp³-hybridized carbons (Fsp3) is 0.562. The number of anilines is 1. The van der Waals surface area contributed by atoms with Gasteiger partial charge in [0.05, 0.1) is 24.6 Å². The number of nitrogens with one attached hydrogen (secondary N) is 2. The van der Waals surface area contributed by atoms with E-state index in [1.165, 1.54) is 4.31 Å². The Morgan fingerprint density at radius 2 is 2.08 bits per heavy atom. The van der Waals surface area contributed by atoms with Crippen LogP contribution in [0.3, 0.4) is 0 Å². The van der Waals surface area contributed by atoms with Crippen LogP contribution in [0.25, 0.3) is 0 Å². The molecule has 2 N–H and O–H groups in total. The van der Waals surface area contributed by atoms with E-state index in [1.54, 1.807) is 7.11 Å². The molecule has 1 heterocycles. The standard InChI is InChI=1S/C16H26N4O3S.HI/c1-3-17-16(18-9-12-23-2)19-10-13-24(21,22)20-11-8-14-6-4-5-7-15(14)20;/h4-7H,3,8-13H2,1-2H3,(H2,17,18,19);1H. The summed E-state index contributed by atoms with van der Waals surface area (Å²) in [6.45, 7) is 4.55. The molecule has 0 atom stereocenters. The van der Waals surface area contributed by atoms with Crippen molar-refractivity contribution in [1.82, 2.24) is 10.6 Å². The van der Waals surface area contributed by atoms with Crippen LogP contribution in [0.2, 0.25) is 0 Å². The van der Waals surface area contributed by atoms with Gasteiger partial charge in [-0.2, -0.15) is 0 Å². The summed E-state index contributed by atoms with van der Waals surface area (Å²) in [5.74, 6) is 0.627. The fourth-order valence-electron chi connectivity index (χ4n) is 2.60. The zero-order valence-electron chi connectivity index (χ0n) is 14.7. The van der Waals surface area contributed by atoms with E-state index in [0.29, 0.717) is 38.7 Å². The Bertz CT molecular complexity index is 667. The number of hydrogen-bond donors (Lipinski definition) is 2. The van der Waals surface area contributed by atoms with Crippen LogP contribution in [0.15, 0.2) is 29.3 Å². The second-order valence-corrected chi connectivity index (χ2v) is 7.46. The van der Waals surface area contributed by atoms with Gasteiger partial charge in [0.2, 0.25) is 10.0 Å². The van der Waals surface area contributed by atoms with Crippen molar-refractivity contribution in [1.29, 1.82) is 0 Å². The average molecular weight is 482 g/mol. The van der Waals surface area contributed by atoms with Crippen molar-refractivity contribution in [2.24, 2.45) is 4.99 Å². The van der Waals surface area contributed by atoms with Gasteiger partial charge in [-0.25, -0.2) is 8.42 Å². The first-order valence-electron chi connectivity index (χ1n) is 8.18. The maximum absolute atomic E-state index is 12.6. The number of sulfonamides is 1. The molecule has 142 valence electrons. The number of ether oxygens (including phenoxy) is 1. The summed E-state index contributed by atoms with van der Waals surface area (Å²) in [6.07, 6.45) is 0.768. The third-order valence-corrected chi connectivity index (χ3v) is 5.51. The van der Waals surface area contributed by atoms with Gasteiger partial charge in [-0.1, -0.05) is 18.2 Å². The number of aliphatic imine (C=N–C) groups is 1. The molecule has 0 amide bonds. The highest BCUT2D eigenvalue weighted by Crippen LogP contribution is 2.29. The predicted molar refractivity (Wildman–Crippen MR) is 113 cm³/mol. The maximum atomic E-state index is 12.6. The molecule has 9 heteroatoms. The first-order chi connectivity index (χ1) is 11.6. The molecule has 0 unspecified atom stereocenters. The zero-order chi connectivity index (χ0) is 17.4. The molecule has 0 aliphatic carbocycles. The number of benzene rings is 1. The van der Waals surface area contributed by atoms with Gasteiger partial charge >= 0.3 is 0 Å². The molecule has 0 fully saturated rings. The van der Waals surface area contributed by atoms with Gasteiger partial charge in [0.1, 0.15) is 0 Å². The Kier molecular flexibility index (Phi) is 9.51. The normalized spacial score (nSPS) is 14.0. The molecule has 1 aliphatic rings. The summed E-state index contributed by atoms with van der Waals surface area (Å²) in [6, 6.07) is 7.66. The Labute approximate surface area is 167 Å². The minimum Gasteiger partial charge on any atom is -0.383 e. The van der Waals surface area contributed by atoms with Gasteiger partial charge < -0.3 is 15.4 Å². The maximum Gasteiger partial charge on any atom is 0.236 e. The van der Waals surface area contributed by atoms with E-state index >= 15 is 0 Å². The summed E-state index contributed by atoms with van der Waals surface area (Å²) in [7, 11) is -1.72. The van der Waals surface area contributed by atoms with Crippen LogP contribution in [0.4, 0.5) is 5.69 Å². The van der Waals surface area contributed by atoms with Gasteiger partial charge in [0, 0.05) is 26.7 Å². The Hall–Kier alpha value is -1.07. The van der Waals surface area contributed by atoms with Gasteiger partial charge in [-0.05, 0) is 25.0 Å². The summed E-state index contributed by atoms with van der Waals surface area (Å²) < 4.78 is 31.7. The third-order valence-electron chi connectivity index (χ3n) is 3.74. The highest BCUT2D eigenvalue weighted by atomic mass is 127. The van der Waals surface area contributed by atoms with Gasteiger partial charge in [-0.15, -0.1) is 24.0 Å². The minimum atomic E-state index is -3.35. The molecular formula is C16H27IN4O3S. The van der Waals surface area contributed by atoms with Crippen molar-refractivity contribution < 1.29 is 13.2 Å². The van der Waals surface area contributed by atoms with Crippen LogP contribution in [-0.4, -0.2) is 60.0 Å². The summed E-state index contributed by atoms with van der Waals surface area (Å²) in [5.41, 5.74) is 1.89. The smallest absolute Gasteiger partial charge is 0.236 e. The lowest BCUT2D eigenvalue weighted by Crippen LogP contribution is -2.42. The topological polar surface area (TPSA) is 83.0 Å². The fourth-order valence-corrected chi connectivity index (χ4v) is 4.02. The summed E-state index contributed by atoms with van der Waals surface area (Å²) >= 11 is 0. The van der Waals surface area contributed by atoms with Crippen molar-refractivity contribution in [3.8, 4) is 0 Å². The number of methoxy groups -OCH3 is 1. The third kappa shape index (κ3) is 6.30. The van der Waals surface area contributed by atoms with E-state index in [1.807, 2.05) is 31.2 Å². The molecule has 0 aromatic heterocycles. The lowest BCUT2D eigenvalue weighted by atomic mass is 10.2. The lowest BCUT2D eigenvalue weighted by Gasteiger charge is -2.20. The quantitative estimate of drug-likeness (QED) is 0.252. The molecule has 0 saturated heterocycles. The SMILES string of the molecule is CCNC(=NCCOC)NCCS(=O)(=O)N1CCc2ccccc21.I. The van der Waals surface area contributed by atoms with Crippen LogP contribution < -0.4 is 14.9 Å². The van der Waals surface area contributed by atoms with Gasteiger partial charge in [-0.3, -0.25) is 9.30 Å². The molecular weight excluding hydrogens is 455 g/mol. The van der Waals surface area contributed by atoms with E-state index in [-0.39, 0.29) is 29.7 Å². The molecule has 7 nitrogen and oxygen atoms in total. The predicted octanol–water partition coefficient (Wildman–Crippen LogP) is 1.20. The molecule has 0 bridgehead atoms. The number of halogens is 1. The van der Waals surface area contributed by atoms with Crippen LogP contribution in [0, 0.1) is 0 Å². The lowest BCUT2D eigenvalue weighted by molar-refractivity contribution is 0.208. The molecule has 25 heavy (non-hydrogen) atoms. The van der Waals surface area contributed by atoms with Crippen LogP contribution >= 0.6 is 24.0 Å². The second-order valence-electron chi connectivity index (χ2n) is 5.45. The van der Waals surface area contributed by atoms with E-state index in [0.717, 1.165) is 17.7 Å². The first-order valence-corrected chi connectivity index (χ1v) is 9.79. The highest BCUT2D eigenvalue weighted by Gasteiger charge is 2.28. The van der Waals surface area contributed by atoms with Crippen molar-refractivity contribution in [2.75, 3.05) is 50.0 Å². The summed E-state index contributed by atoms with van der Waals surface area (Å²) in [5, 5.41) is 6.15. The van der Waals surface area contributed by atoms with E-state index < -0.39 is 10.0 Å². The molecule has 2 rings (SSSR count). The van der Waals surface area contributed by atoms with Crippen molar-refractivity contribution in [3.05, 3.63) is 29.8 Å². The monoisotopic (exact) mass is 482 g/mol. The first kappa shape index (κ1) is 22.0. The molecule has 1 aliphatic heterocycles. The molecule has 1 aromatic rings. The van der Waals surface area contributed by atoms with Gasteiger partial charge in [0.15, 0.2) is 5.96 Å². The summed E-state index contributed by atoms with van der Waals surface area (Å²) in [4.78, 5) is 4.32. The number of nitrogens with zero attached hydrogens (tertiary/aromatic N) is 2. The Morgan fingerprint density at radius 3 is 2.80 bits per heavy atom. The van der Waals surface area contributed by atoms with Crippen LogP contribution in [0.1, 0.15) is 12.5 Å². The number of para-hydroxylation sites is 1. The molecule has 0 spiro atoms. The van der Waals surface area contributed by atoms with Crippen molar-refractivity contribution in [3.63, 3.8) is 0 Å². The Morgan fingerprint density at radius 1 is 1.32 bits per heavy atom. The van der Waals surface area contributed by atoms with Gasteiger partial charge in [0.25, 0.3) is 0 Å².